The third-order valence-electron chi connectivity index (χ3n) is 6.74. The number of ether oxygens (including phenoxy) is 1. The topological polar surface area (TPSA) is 77.7 Å². The normalized spacial score (nSPS) is 15.2. The van der Waals surface area contributed by atoms with Gasteiger partial charge in [-0.2, -0.15) is 13.2 Å². The molecule has 0 unspecified atom stereocenters. The standard InChI is InChI=1S/C26H22F3N5O2/c27-26(28,29)21-14-31-23-20(21)10-17(12-30-23)18-11-22-24(32-13-18)34(19-4-2-1-3-5-19)25(35)33(22)15-16-6-8-36-9-7-16/h1-5,10-14,16H,6-9,15H2,(H,30,31). The van der Waals surface area contributed by atoms with Gasteiger partial charge in [0.05, 0.1) is 16.8 Å². The van der Waals surface area contributed by atoms with Crippen LogP contribution < -0.4 is 5.69 Å². The number of H-pyrrole nitrogens is 1. The molecule has 0 radical (unpaired) electrons. The molecule has 10 heteroatoms. The Bertz CT molecular complexity index is 1610. The number of pyridine rings is 2. The number of fused-ring (bicyclic) bond motifs is 2. The molecule has 0 bridgehead atoms. The number of aromatic amines is 1. The summed E-state index contributed by atoms with van der Waals surface area (Å²) in [5.41, 5.74) is 2.07. The molecule has 5 heterocycles. The van der Waals surface area contributed by atoms with E-state index in [0.717, 1.165) is 19.0 Å². The maximum atomic E-state index is 13.6. The largest absolute Gasteiger partial charge is 0.418 e. The van der Waals surface area contributed by atoms with E-state index in [4.69, 9.17) is 4.74 Å². The Morgan fingerprint density at radius 1 is 1.03 bits per heavy atom. The molecule has 0 spiro atoms. The average Bonchev–Trinajstić information content (AvgIpc) is 3.43. The van der Waals surface area contributed by atoms with Crippen molar-refractivity contribution < 1.29 is 17.9 Å². The van der Waals surface area contributed by atoms with Crippen molar-refractivity contribution in [1.29, 1.82) is 0 Å². The molecule has 1 fully saturated rings. The summed E-state index contributed by atoms with van der Waals surface area (Å²) < 4.78 is 49.2. The van der Waals surface area contributed by atoms with E-state index >= 15 is 0 Å². The molecule has 7 nitrogen and oxygen atoms in total. The van der Waals surface area contributed by atoms with Crippen molar-refractivity contribution in [2.45, 2.75) is 25.6 Å². The molecule has 0 saturated carbocycles. The highest BCUT2D eigenvalue weighted by molar-refractivity contribution is 5.87. The van der Waals surface area contributed by atoms with E-state index in [2.05, 4.69) is 15.0 Å². The van der Waals surface area contributed by atoms with Crippen LogP contribution >= 0.6 is 0 Å². The van der Waals surface area contributed by atoms with E-state index in [1.54, 1.807) is 15.3 Å². The molecule has 36 heavy (non-hydrogen) atoms. The van der Waals surface area contributed by atoms with Crippen molar-refractivity contribution in [2.24, 2.45) is 5.92 Å². The lowest BCUT2D eigenvalue weighted by Crippen LogP contribution is -2.28. The lowest BCUT2D eigenvalue weighted by atomic mass is 10.0. The Hall–Kier alpha value is -3.92. The molecule has 4 aromatic heterocycles. The van der Waals surface area contributed by atoms with Crippen LogP contribution in [-0.2, 0) is 17.5 Å². The van der Waals surface area contributed by atoms with Gasteiger partial charge < -0.3 is 9.72 Å². The molecule has 5 aromatic rings. The van der Waals surface area contributed by atoms with Crippen LogP contribution in [0.25, 0.3) is 39.0 Å². The minimum Gasteiger partial charge on any atom is -0.381 e. The number of rotatable bonds is 4. The first-order chi connectivity index (χ1) is 17.4. The molecule has 1 aliphatic rings. The number of hydrogen-bond donors (Lipinski definition) is 1. The van der Waals surface area contributed by atoms with Gasteiger partial charge in [-0.05, 0) is 43.0 Å². The number of para-hydroxylation sites is 1. The SMILES string of the molecule is O=c1n(CC2CCOCC2)c2cc(-c3cnc4[nH]cc(C(F)(F)F)c4c3)cnc2n1-c1ccccc1. The van der Waals surface area contributed by atoms with Crippen molar-refractivity contribution in [3.63, 3.8) is 0 Å². The van der Waals surface area contributed by atoms with E-state index in [1.807, 2.05) is 36.4 Å². The molecular weight excluding hydrogens is 471 g/mol. The van der Waals surface area contributed by atoms with Gasteiger partial charge in [-0.1, -0.05) is 18.2 Å². The molecule has 0 amide bonds. The lowest BCUT2D eigenvalue weighted by molar-refractivity contribution is -0.136. The highest BCUT2D eigenvalue weighted by atomic mass is 19.4. The molecule has 1 N–H and O–H groups in total. The second kappa shape index (κ2) is 8.63. The number of benzene rings is 1. The first-order valence-corrected chi connectivity index (χ1v) is 11.7. The predicted octanol–water partition coefficient (Wildman–Crippen LogP) is 5.18. The monoisotopic (exact) mass is 493 g/mol. The summed E-state index contributed by atoms with van der Waals surface area (Å²) in [6.07, 6.45) is 1.21. The number of alkyl halides is 3. The van der Waals surface area contributed by atoms with Crippen LogP contribution in [-0.4, -0.2) is 37.3 Å². The third-order valence-corrected chi connectivity index (χ3v) is 6.74. The molecule has 1 saturated heterocycles. The molecule has 6 rings (SSSR count). The van der Waals surface area contributed by atoms with Crippen LogP contribution in [0, 0.1) is 5.92 Å². The van der Waals surface area contributed by atoms with E-state index < -0.39 is 11.7 Å². The maximum Gasteiger partial charge on any atom is 0.418 e. The van der Waals surface area contributed by atoms with Gasteiger partial charge >= 0.3 is 11.9 Å². The van der Waals surface area contributed by atoms with Crippen LogP contribution in [0.1, 0.15) is 18.4 Å². The van der Waals surface area contributed by atoms with Gasteiger partial charge in [0.1, 0.15) is 5.65 Å². The zero-order valence-corrected chi connectivity index (χ0v) is 19.1. The number of nitrogens with zero attached hydrogens (tertiary/aromatic N) is 4. The Labute approximate surface area is 203 Å². The first-order valence-electron chi connectivity index (χ1n) is 11.7. The lowest BCUT2D eigenvalue weighted by Gasteiger charge is -2.22. The van der Waals surface area contributed by atoms with Crippen molar-refractivity contribution in [3.8, 4) is 16.8 Å². The second-order valence-electron chi connectivity index (χ2n) is 9.01. The van der Waals surface area contributed by atoms with Crippen LogP contribution in [0.4, 0.5) is 13.2 Å². The summed E-state index contributed by atoms with van der Waals surface area (Å²) >= 11 is 0. The summed E-state index contributed by atoms with van der Waals surface area (Å²) in [4.78, 5) is 25.0. The molecule has 184 valence electrons. The molecule has 0 aliphatic carbocycles. The van der Waals surface area contributed by atoms with Gasteiger partial charge in [0.2, 0.25) is 0 Å². The average molecular weight is 493 g/mol. The molecular formula is C26H22F3N5O2. The summed E-state index contributed by atoms with van der Waals surface area (Å²) in [7, 11) is 0. The smallest absolute Gasteiger partial charge is 0.381 e. The number of hydrogen-bond acceptors (Lipinski definition) is 4. The molecule has 1 aromatic carbocycles. The fraction of sp³-hybridized carbons (Fsp3) is 0.269. The van der Waals surface area contributed by atoms with Crippen molar-refractivity contribution in [1.82, 2.24) is 24.1 Å². The third kappa shape index (κ3) is 3.87. The maximum absolute atomic E-state index is 13.6. The first kappa shape index (κ1) is 22.5. The summed E-state index contributed by atoms with van der Waals surface area (Å²) in [5.74, 6) is 0.280. The van der Waals surface area contributed by atoms with Gasteiger partial charge in [0.25, 0.3) is 0 Å². The fourth-order valence-corrected chi connectivity index (χ4v) is 4.86. The summed E-state index contributed by atoms with van der Waals surface area (Å²) in [5, 5.41) is -0.0125. The Morgan fingerprint density at radius 3 is 2.50 bits per heavy atom. The summed E-state index contributed by atoms with van der Waals surface area (Å²) in [6, 6.07) is 12.5. The highest BCUT2D eigenvalue weighted by Crippen LogP contribution is 2.36. The van der Waals surface area contributed by atoms with E-state index in [-0.39, 0.29) is 22.6 Å². The fourth-order valence-electron chi connectivity index (χ4n) is 4.86. The van der Waals surface area contributed by atoms with Crippen LogP contribution in [0.2, 0.25) is 0 Å². The minimum absolute atomic E-state index is 0.0125. The number of aromatic nitrogens is 5. The van der Waals surface area contributed by atoms with E-state index in [9.17, 15) is 18.0 Å². The van der Waals surface area contributed by atoms with Gasteiger partial charge in [-0.3, -0.25) is 4.57 Å². The summed E-state index contributed by atoms with van der Waals surface area (Å²) in [6.45, 7) is 1.82. The van der Waals surface area contributed by atoms with Gasteiger partial charge in [0, 0.05) is 54.9 Å². The Balaban J connectivity index is 1.52. The number of imidazole rings is 1. The minimum atomic E-state index is -4.50. The van der Waals surface area contributed by atoms with E-state index in [1.165, 1.54) is 12.3 Å². The predicted molar refractivity (Wildman–Crippen MR) is 129 cm³/mol. The zero-order valence-electron chi connectivity index (χ0n) is 19.1. The van der Waals surface area contributed by atoms with Crippen molar-refractivity contribution in [3.05, 3.63) is 77.1 Å². The van der Waals surface area contributed by atoms with Gasteiger partial charge in [-0.15, -0.1) is 0 Å². The highest BCUT2D eigenvalue weighted by Gasteiger charge is 2.34. The number of nitrogens with one attached hydrogen (secondary N) is 1. The van der Waals surface area contributed by atoms with Crippen LogP contribution in [0.3, 0.4) is 0 Å². The van der Waals surface area contributed by atoms with Gasteiger partial charge in [-0.25, -0.2) is 19.3 Å². The molecule has 1 aliphatic heterocycles. The zero-order chi connectivity index (χ0) is 24.9. The molecule has 0 atom stereocenters. The van der Waals surface area contributed by atoms with Crippen molar-refractivity contribution in [2.75, 3.05) is 13.2 Å². The number of halogens is 3. The van der Waals surface area contributed by atoms with Crippen molar-refractivity contribution >= 4 is 22.2 Å². The van der Waals surface area contributed by atoms with Crippen LogP contribution in [0.15, 0.2) is 65.8 Å². The quantitative estimate of drug-likeness (QED) is 0.375. The Kier molecular flexibility index (Phi) is 5.40. The van der Waals surface area contributed by atoms with Gasteiger partial charge in [0.15, 0.2) is 5.65 Å². The van der Waals surface area contributed by atoms with E-state index in [0.29, 0.717) is 47.7 Å². The second-order valence-corrected chi connectivity index (χ2v) is 9.01. The van der Waals surface area contributed by atoms with Crippen LogP contribution in [0.5, 0.6) is 0 Å². The Morgan fingerprint density at radius 2 is 1.75 bits per heavy atom.